The number of phenolic OH excluding ortho intramolecular Hbond substituents is 1. The summed E-state index contributed by atoms with van der Waals surface area (Å²) in [5.74, 6) is -0.248. The van der Waals surface area contributed by atoms with Crippen LogP contribution >= 0.6 is 24.0 Å². The highest BCUT2D eigenvalue weighted by Crippen LogP contribution is 2.37. The summed E-state index contributed by atoms with van der Waals surface area (Å²) in [6, 6.07) is 13.6. The summed E-state index contributed by atoms with van der Waals surface area (Å²) in [7, 11) is 0. The van der Waals surface area contributed by atoms with Gasteiger partial charge in [-0.05, 0) is 31.2 Å². The predicted octanol–water partition coefficient (Wildman–Crippen LogP) is 4.00. The number of carbonyl (C=O) groups excluding carboxylic acids is 2. The van der Waals surface area contributed by atoms with Gasteiger partial charge in [0.15, 0.2) is 10.1 Å². The van der Waals surface area contributed by atoms with Crippen LogP contribution in [0, 0.1) is 0 Å². The highest BCUT2D eigenvalue weighted by molar-refractivity contribution is 8.27. The molecule has 2 aromatic carbocycles. The molecule has 6 heteroatoms. The number of thiocarbonyl (C=S) groups is 1. The Kier molecular flexibility index (Phi) is 4.51. The SMILES string of the molecule is CC(=O)c1cccc(N2C(=O)/C(=C/c3ccccc3O)SC2=S)c1. The molecule has 4 nitrogen and oxygen atoms in total. The number of anilines is 1. The van der Waals surface area contributed by atoms with Crippen LogP contribution in [0.4, 0.5) is 5.69 Å². The fraction of sp³-hybridized carbons (Fsp3) is 0.0556. The average molecular weight is 355 g/mol. The van der Waals surface area contributed by atoms with E-state index in [1.165, 1.54) is 23.6 Å². The van der Waals surface area contributed by atoms with Crippen LogP contribution in [0.2, 0.25) is 0 Å². The number of benzene rings is 2. The Morgan fingerprint density at radius 1 is 1.21 bits per heavy atom. The highest BCUT2D eigenvalue weighted by Gasteiger charge is 2.33. The van der Waals surface area contributed by atoms with E-state index in [9.17, 15) is 14.7 Å². The number of Topliss-reactive ketones (excluding diaryl/α,β-unsaturated/α-hetero) is 1. The molecule has 0 aliphatic carbocycles. The number of thioether (sulfide) groups is 1. The van der Waals surface area contributed by atoms with Crippen LogP contribution < -0.4 is 4.90 Å². The van der Waals surface area contributed by atoms with Gasteiger partial charge in [0.25, 0.3) is 5.91 Å². The molecule has 0 bridgehead atoms. The molecule has 0 aromatic heterocycles. The van der Waals surface area contributed by atoms with Gasteiger partial charge in [0.2, 0.25) is 0 Å². The van der Waals surface area contributed by atoms with Gasteiger partial charge in [-0.15, -0.1) is 0 Å². The van der Waals surface area contributed by atoms with E-state index in [2.05, 4.69) is 0 Å². The zero-order valence-corrected chi connectivity index (χ0v) is 14.4. The lowest BCUT2D eigenvalue weighted by Gasteiger charge is -2.15. The average Bonchev–Trinajstić information content (AvgIpc) is 2.83. The van der Waals surface area contributed by atoms with Gasteiger partial charge >= 0.3 is 0 Å². The van der Waals surface area contributed by atoms with Crippen LogP contribution in [-0.2, 0) is 4.79 Å². The van der Waals surface area contributed by atoms with Crippen LogP contribution in [0.1, 0.15) is 22.8 Å². The summed E-state index contributed by atoms with van der Waals surface area (Å²) in [5.41, 5.74) is 1.63. The molecule has 1 fully saturated rings. The van der Waals surface area contributed by atoms with E-state index < -0.39 is 0 Å². The number of phenols is 1. The van der Waals surface area contributed by atoms with Crippen LogP contribution in [0.15, 0.2) is 53.4 Å². The first-order valence-corrected chi connectivity index (χ1v) is 8.37. The third-order valence-electron chi connectivity index (χ3n) is 3.53. The van der Waals surface area contributed by atoms with Crippen molar-refractivity contribution in [3.05, 3.63) is 64.6 Å². The van der Waals surface area contributed by atoms with Crippen molar-refractivity contribution in [1.82, 2.24) is 0 Å². The minimum absolute atomic E-state index is 0.0768. The minimum atomic E-state index is -0.269. The van der Waals surface area contributed by atoms with Crippen molar-refractivity contribution in [2.45, 2.75) is 6.92 Å². The molecule has 120 valence electrons. The van der Waals surface area contributed by atoms with Crippen molar-refractivity contribution in [2.24, 2.45) is 0 Å². The number of carbonyl (C=O) groups is 2. The molecular formula is C18H13NO3S2. The van der Waals surface area contributed by atoms with E-state index in [0.29, 0.717) is 26.0 Å². The Morgan fingerprint density at radius 2 is 1.96 bits per heavy atom. The molecule has 0 saturated carbocycles. The van der Waals surface area contributed by atoms with E-state index in [4.69, 9.17) is 12.2 Å². The van der Waals surface area contributed by atoms with E-state index in [0.717, 1.165) is 0 Å². The summed E-state index contributed by atoms with van der Waals surface area (Å²) >= 11 is 6.48. The van der Waals surface area contributed by atoms with Gasteiger partial charge in [-0.25, -0.2) is 0 Å². The molecular weight excluding hydrogens is 342 g/mol. The normalized spacial score (nSPS) is 16.0. The minimum Gasteiger partial charge on any atom is -0.507 e. The lowest BCUT2D eigenvalue weighted by molar-refractivity contribution is -0.113. The van der Waals surface area contributed by atoms with Crippen molar-refractivity contribution in [1.29, 1.82) is 0 Å². The van der Waals surface area contributed by atoms with E-state index in [1.54, 1.807) is 54.6 Å². The number of ketones is 1. The number of aromatic hydroxyl groups is 1. The van der Waals surface area contributed by atoms with Crippen LogP contribution in [0.3, 0.4) is 0 Å². The molecule has 0 spiro atoms. The van der Waals surface area contributed by atoms with E-state index in [1.807, 2.05) is 0 Å². The predicted molar refractivity (Wildman–Crippen MR) is 100 cm³/mol. The highest BCUT2D eigenvalue weighted by atomic mass is 32.2. The number of para-hydroxylation sites is 1. The first-order chi connectivity index (χ1) is 11.5. The molecule has 24 heavy (non-hydrogen) atoms. The summed E-state index contributed by atoms with van der Waals surface area (Å²) in [5, 5.41) is 9.85. The molecule has 1 heterocycles. The van der Waals surface area contributed by atoms with Gasteiger partial charge in [0.05, 0.1) is 10.6 Å². The maximum absolute atomic E-state index is 12.7. The second-order valence-electron chi connectivity index (χ2n) is 5.18. The van der Waals surface area contributed by atoms with Crippen molar-refractivity contribution in [3.63, 3.8) is 0 Å². The summed E-state index contributed by atoms with van der Waals surface area (Å²) < 4.78 is 0.391. The topological polar surface area (TPSA) is 57.6 Å². The van der Waals surface area contributed by atoms with Gasteiger partial charge in [-0.2, -0.15) is 0 Å². The quantitative estimate of drug-likeness (QED) is 0.512. The first kappa shape index (κ1) is 16.4. The molecule has 1 amide bonds. The maximum atomic E-state index is 12.7. The number of rotatable bonds is 3. The van der Waals surface area contributed by atoms with Crippen LogP contribution in [-0.4, -0.2) is 21.1 Å². The van der Waals surface area contributed by atoms with E-state index >= 15 is 0 Å². The molecule has 1 aliphatic heterocycles. The van der Waals surface area contributed by atoms with Crippen molar-refractivity contribution >= 4 is 51.8 Å². The summed E-state index contributed by atoms with van der Waals surface area (Å²) in [6.07, 6.45) is 1.61. The molecule has 2 aromatic rings. The zero-order valence-electron chi connectivity index (χ0n) is 12.7. The number of hydrogen-bond acceptors (Lipinski definition) is 5. The smallest absolute Gasteiger partial charge is 0.270 e. The molecule has 3 rings (SSSR count). The lowest BCUT2D eigenvalue weighted by Crippen LogP contribution is -2.27. The van der Waals surface area contributed by atoms with Crippen LogP contribution in [0.25, 0.3) is 6.08 Å². The number of amides is 1. The van der Waals surface area contributed by atoms with Gasteiger partial charge in [0, 0.05) is 11.1 Å². The third kappa shape index (κ3) is 3.11. The van der Waals surface area contributed by atoms with Gasteiger partial charge in [-0.1, -0.05) is 54.3 Å². The Morgan fingerprint density at radius 3 is 2.67 bits per heavy atom. The summed E-state index contributed by atoms with van der Waals surface area (Å²) in [6.45, 7) is 1.47. The van der Waals surface area contributed by atoms with Crippen molar-refractivity contribution < 1.29 is 14.7 Å². The van der Waals surface area contributed by atoms with Crippen molar-refractivity contribution in [3.8, 4) is 5.75 Å². The Balaban J connectivity index is 1.97. The Hall–Kier alpha value is -2.44. The fourth-order valence-electron chi connectivity index (χ4n) is 2.31. The third-order valence-corrected chi connectivity index (χ3v) is 4.83. The van der Waals surface area contributed by atoms with Crippen LogP contribution in [0.5, 0.6) is 5.75 Å². The van der Waals surface area contributed by atoms with E-state index in [-0.39, 0.29) is 17.4 Å². The molecule has 0 atom stereocenters. The van der Waals surface area contributed by atoms with Crippen molar-refractivity contribution in [2.75, 3.05) is 4.90 Å². The molecule has 0 radical (unpaired) electrons. The number of hydrogen-bond donors (Lipinski definition) is 1. The second kappa shape index (κ2) is 6.59. The second-order valence-corrected chi connectivity index (χ2v) is 6.86. The molecule has 1 aliphatic rings. The van der Waals surface area contributed by atoms with Gasteiger partial charge in [0.1, 0.15) is 5.75 Å². The molecule has 1 saturated heterocycles. The maximum Gasteiger partial charge on any atom is 0.270 e. The first-order valence-electron chi connectivity index (χ1n) is 7.14. The largest absolute Gasteiger partial charge is 0.507 e. The van der Waals surface area contributed by atoms with Gasteiger partial charge in [-0.3, -0.25) is 14.5 Å². The fourth-order valence-corrected chi connectivity index (χ4v) is 3.60. The molecule has 1 N–H and O–H groups in total. The standard InChI is InChI=1S/C18H13NO3S2/c1-11(20)12-6-4-7-14(9-12)19-17(22)16(24-18(19)23)10-13-5-2-3-8-15(13)21/h2-10,21H,1H3/b16-10-. The number of nitrogens with zero attached hydrogens (tertiary/aromatic N) is 1. The summed E-state index contributed by atoms with van der Waals surface area (Å²) in [4.78, 5) is 26.1. The lowest BCUT2D eigenvalue weighted by atomic mass is 10.1. The monoisotopic (exact) mass is 355 g/mol. The van der Waals surface area contributed by atoms with Gasteiger partial charge < -0.3 is 5.11 Å². The zero-order chi connectivity index (χ0) is 17.3. The Bertz CT molecular complexity index is 889. The Labute approximate surface area is 148 Å². The molecule has 0 unspecified atom stereocenters.